The minimum atomic E-state index is 0.286. The molecule has 1 aromatic rings. The van der Waals surface area contributed by atoms with Gasteiger partial charge in [0.15, 0.2) is 0 Å². The summed E-state index contributed by atoms with van der Waals surface area (Å²) in [4.78, 5) is 1.15. The Bertz CT molecular complexity index is 333. The number of benzene rings is 1. The predicted molar refractivity (Wildman–Crippen MR) is 62.8 cm³/mol. The summed E-state index contributed by atoms with van der Waals surface area (Å²) in [5.74, 6) is 1.05. The molecule has 0 spiro atoms. The van der Waals surface area contributed by atoms with Crippen LogP contribution in [0.3, 0.4) is 0 Å². The van der Waals surface area contributed by atoms with E-state index in [-0.39, 0.29) is 6.61 Å². The molecule has 0 aliphatic heterocycles. The first-order valence-electron chi connectivity index (χ1n) is 5.10. The molecule has 0 aromatic heterocycles. The first kappa shape index (κ1) is 12.1. The van der Waals surface area contributed by atoms with Crippen LogP contribution in [0.1, 0.15) is 24.8 Å². The van der Waals surface area contributed by atoms with E-state index >= 15 is 0 Å². The van der Waals surface area contributed by atoms with E-state index in [2.05, 4.69) is 6.07 Å². The Morgan fingerprint density at radius 2 is 2.13 bits per heavy atom. The maximum absolute atomic E-state index is 8.72. The third kappa shape index (κ3) is 4.87. The number of aliphatic hydroxyl groups is 1. The van der Waals surface area contributed by atoms with Crippen LogP contribution < -0.4 is 0 Å². The van der Waals surface area contributed by atoms with Gasteiger partial charge in [-0.2, -0.15) is 5.26 Å². The second-order valence-electron chi connectivity index (χ2n) is 3.27. The van der Waals surface area contributed by atoms with Gasteiger partial charge < -0.3 is 5.11 Å². The summed E-state index contributed by atoms with van der Waals surface area (Å²) in [5.41, 5.74) is 0.718. The Kier molecular flexibility index (Phi) is 5.91. The summed E-state index contributed by atoms with van der Waals surface area (Å²) in [7, 11) is 0. The van der Waals surface area contributed by atoms with E-state index in [1.807, 2.05) is 24.3 Å². The zero-order chi connectivity index (χ0) is 10.9. The second kappa shape index (κ2) is 7.33. The molecular formula is C12H15NOS. The van der Waals surface area contributed by atoms with Gasteiger partial charge in [-0.3, -0.25) is 0 Å². The summed E-state index contributed by atoms with van der Waals surface area (Å²) in [5, 5.41) is 17.3. The molecule has 0 aliphatic rings. The zero-order valence-electron chi connectivity index (χ0n) is 8.65. The van der Waals surface area contributed by atoms with Crippen molar-refractivity contribution >= 4 is 11.8 Å². The van der Waals surface area contributed by atoms with Crippen molar-refractivity contribution in [1.82, 2.24) is 0 Å². The van der Waals surface area contributed by atoms with Gasteiger partial charge in [-0.15, -0.1) is 11.8 Å². The molecule has 1 rings (SSSR count). The largest absolute Gasteiger partial charge is 0.396 e. The molecule has 0 aliphatic carbocycles. The van der Waals surface area contributed by atoms with E-state index in [0.29, 0.717) is 0 Å². The first-order chi connectivity index (χ1) is 7.36. The van der Waals surface area contributed by atoms with Gasteiger partial charge in [-0.1, -0.05) is 12.5 Å². The summed E-state index contributed by atoms with van der Waals surface area (Å²) in [6.07, 6.45) is 3.07. The number of rotatable bonds is 6. The lowest BCUT2D eigenvalue weighted by molar-refractivity contribution is 0.284. The Balaban J connectivity index is 2.28. The lowest BCUT2D eigenvalue weighted by Crippen LogP contribution is -1.85. The molecular weight excluding hydrogens is 206 g/mol. The molecule has 80 valence electrons. The number of unbranched alkanes of at least 4 members (excludes halogenated alkanes) is 2. The van der Waals surface area contributed by atoms with Crippen LogP contribution >= 0.6 is 11.8 Å². The minimum Gasteiger partial charge on any atom is -0.396 e. The van der Waals surface area contributed by atoms with Crippen LogP contribution in [0.25, 0.3) is 0 Å². The summed E-state index contributed by atoms with van der Waals surface area (Å²) < 4.78 is 0. The fourth-order valence-electron chi connectivity index (χ4n) is 1.24. The molecule has 0 fully saturated rings. The Hall–Kier alpha value is -0.980. The fourth-order valence-corrected chi connectivity index (χ4v) is 2.21. The van der Waals surface area contributed by atoms with Crippen molar-refractivity contribution in [3.63, 3.8) is 0 Å². The van der Waals surface area contributed by atoms with Gasteiger partial charge in [0.05, 0.1) is 11.6 Å². The highest BCUT2D eigenvalue weighted by molar-refractivity contribution is 7.99. The van der Waals surface area contributed by atoms with Crippen LogP contribution in [0.4, 0.5) is 0 Å². The maximum Gasteiger partial charge on any atom is 0.0992 e. The van der Waals surface area contributed by atoms with Crippen molar-refractivity contribution in [3.05, 3.63) is 29.8 Å². The van der Waals surface area contributed by atoms with Crippen molar-refractivity contribution in [3.8, 4) is 6.07 Å². The van der Waals surface area contributed by atoms with Gasteiger partial charge in [0.1, 0.15) is 0 Å². The summed E-state index contributed by atoms with van der Waals surface area (Å²) >= 11 is 1.77. The first-order valence-corrected chi connectivity index (χ1v) is 6.09. The van der Waals surface area contributed by atoms with Crippen molar-refractivity contribution in [2.45, 2.75) is 24.2 Å². The minimum absolute atomic E-state index is 0.286. The van der Waals surface area contributed by atoms with Crippen LogP contribution in [0.15, 0.2) is 29.2 Å². The molecule has 1 aromatic carbocycles. The highest BCUT2D eigenvalue weighted by Crippen LogP contribution is 2.20. The molecule has 0 radical (unpaired) electrons. The molecule has 0 amide bonds. The number of nitrogens with zero attached hydrogens (tertiary/aromatic N) is 1. The normalized spacial score (nSPS) is 9.87. The Morgan fingerprint density at radius 3 is 2.87 bits per heavy atom. The Labute approximate surface area is 94.9 Å². The molecule has 0 unspecified atom stereocenters. The van der Waals surface area contributed by atoms with Gasteiger partial charge in [0, 0.05) is 11.5 Å². The molecule has 2 nitrogen and oxygen atoms in total. The monoisotopic (exact) mass is 221 g/mol. The number of nitriles is 1. The van der Waals surface area contributed by atoms with Crippen LogP contribution in [0.5, 0.6) is 0 Å². The zero-order valence-corrected chi connectivity index (χ0v) is 9.46. The topological polar surface area (TPSA) is 44.0 Å². The molecule has 0 bridgehead atoms. The van der Waals surface area contributed by atoms with Crippen LogP contribution in [-0.2, 0) is 0 Å². The molecule has 0 saturated heterocycles. The maximum atomic E-state index is 8.72. The van der Waals surface area contributed by atoms with Crippen molar-refractivity contribution in [2.75, 3.05) is 12.4 Å². The molecule has 1 N–H and O–H groups in total. The molecule has 15 heavy (non-hydrogen) atoms. The lowest BCUT2D eigenvalue weighted by Gasteiger charge is -2.01. The van der Waals surface area contributed by atoms with Crippen molar-refractivity contribution in [2.24, 2.45) is 0 Å². The van der Waals surface area contributed by atoms with Crippen LogP contribution in [0, 0.1) is 11.3 Å². The summed E-state index contributed by atoms with van der Waals surface area (Å²) in [6.45, 7) is 0.286. The van der Waals surface area contributed by atoms with E-state index in [1.54, 1.807) is 11.8 Å². The van der Waals surface area contributed by atoms with Crippen LogP contribution in [-0.4, -0.2) is 17.5 Å². The second-order valence-corrected chi connectivity index (χ2v) is 4.44. The molecule has 0 saturated carbocycles. The van der Waals surface area contributed by atoms with E-state index in [9.17, 15) is 0 Å². The van der Waals surface area contributed by atoms with E-state index in [0.717, 1.165) is 35.5 Å². The average molecular weight is 221 g/mol. The highest BCUT2D eigenvalue weighted by atomic mass is 32.2. The van der Waals surface area contributed by atoms with Crippen LogP contribution in [0.2, 0.25) is 0 Å². The van der Waals surface area contributed by atoms with E-state index in [4.69, 9.17) is 10.4 Å². The average Bonchev–Trinajstić information content (AvgIpc) is 2.29. The van der Waals surface area contributed by atoms with E-state index < -0.39 is 0 Å². The predicted octanol–water partition coefficient (Wildman–Crippen LogP) is 2.81. The van der Waals surface area contributed by atoms with Crippen molar-refractivity contribution < 1.29 is 5.11 Å². The lowest BCUT2D eigenvalue weighted by atomic mass is 10.2. The highest BCUT2D eigenvalue weighted by Gasteiger charge is 1.96. The SMILES string of the molecule is N#Cc1cccc(SCCCCCO)c1. The number of aliphatic hydroxyl groups excluding tert-OH is 1. The third-order valence-electron chi connectivity index (χ3n) is 2.03. The van der Waals surface area contributed by atoms with Gasteiger partial charge in [0.2, 0.25) is 0 Å². The van der Waals surface area contributed by atoms with E-state index in [1.165, 1.54) is 0 Å². The molecule has 0 heterocycles. The van der Waals surface area contributed by atoms with Gasteiger partial charge in [-0.25, -0.2) is 0 Å². The van der Waals surface area contributed by atoms with Gasteiger partial charge >= 0.3 is 0 Å². The fraction of sp³-hybridized carbons (Fsp3) is 0.417. The Morgan fingerprint density at radius 1 is 1.27 bits per heavy atom. The smallest absolute Gasteiger partial charge is 0.0992 e. The quantitative estimate of drug-likeness (QED) is 0.593. The number of thioether (sulfide) groups is 1. The van der Waals surface area contributed by atoms with Gasteiger partial charge in [0.25, 0.3) is 0 Å². The standard InChI is InChI=1S/C12H15NOS/c13-10-11-5-4-6-12(9-11)15-8-3-1-2-7-14/h4-6,9,14H,1-3,7-8H2. The number of hydrogen-bond donors (Lipinski definition) is 1. The molecule has 0 atom stereocenters. The van der Waals surface area contributed by atoms with Crippen molar-refractivity contribution in [1.29, 1.82) is 5.26 Å². The summed E-state index contributed by atoms with van der Waals surface area (Å²) in [6, 6.07) is 9.80. The molecule has 3 heteroatoms. The van der Waals surface area contributed by atoms with Gasteiger partial charge in [-0.05, 0) is 36.8 Å². The number of hydrogen-bond acceptors (Lipinski definition) is 3. The third-order valence-corrected chi connectivity index (χ3v) is 3.11.